The molecule has 0 unspecified atom stereocenters. The van der Waals surface area contributed by atoms with Crippen LogP contribution >= 0.6 is 0 Å². The molecule has 19 heavy (non-hydrogen) atoms. The van der Waals surface area contributed by atoms with E-state index in [4.69, 9.17) is 4.74 Å². The van der Waals surface area contributed by atoms with E-state index in [9.17, 15) is 4.79 Å². The van der Waals surface area contributed by atoms with E-state index in [1.54, 1.807) is 12.1 Å². The number of benzene rings is 3. The summed E-state index contributed by atoms with van der Waals surface area (Å²) in [6, 6.07) is 21.1. The van der Waals surface area contributed by atoms with Crippen LogP contribution in [0.3, 0.4) is 0 Å². The number of ether oxygens (including phenoxy) is 1. The molecule has 0 amide bonds. The third-order valence-electron chi connectivity index (χ3n) is 2.97. The summed E-state index contributed by atoms with van der Waals surface area (Å²) in [6.07, 6.45) is 0.815. The molecule has 0 N–H and O–H groups in total. The normalized spacial score (nSPS) is 10.3. The molecule has 0 fully saturated rings. The van der Waals surface area contributed by atoms with Gasteiger partial charge in [0, 0.05) is 10.9 Å². The van der Waals surface area contributed by atoms with Gasteiger partial charge in [-0.25, -0.2) is 0 Å². The molecule has 0 saturated heterocycles. The Balaban J connectivity index is 2.03. The van der Waals surface area contributed by atoms with Crippen LogP contribution in [0.5, 0.6) is 11.5 Å². The topological polar surface area (TPSA) is 26.3 Å². The Bertz CT molecular complexity index is 727. The van der Waals surface area contributed by atoms with Crippen LogP contribution in [0.2, 0.25) is 0 Å². The Morgan fingerprint density at radius 3 is 2.53 bits per heavy atom. The summed E-state index contributed by atoms with van der Waals surface area (Å²) in [5, 5.41) is 2.19. The number of hydrogen-bond acceptors (Lipinski definition) is 2. The molecule has 3 aromatic carbocycles. The van der Waals surface area contributed by atoms with E-state index in [-0.39, 0.29) is 0 Å². The highest BCUT2D eigenvalue weighted by Crippen LogP contribution is 2.29. The van der Waals surface area contributed by atoms with E-state index in [2.05, 4.69) is 0 Å². The second-order valence-corrected chi connectivity index (χ2v) is 4.27. The van der Waals surface area contributed by atoms with Gasteiger partial charge in [0.2, 0.25) is 0 Å². The van der Waals surface area contributed by atoms with Gasteiger partial charge in [0.25, 0.3) is 0 Å². The first-order valence-corrected chi connectivity index (χ1v) is 6.08. The first kappa shape index (κ1) is 11.5. The minimum atomic E-state index is 0.609. The zero-order valence-corrected chi connectivity index (χ0v) is 10.2. The molecule has 0 saturated carbocycles. The largest absolute Gasteiger partial charge is 0.457 e. The van der Waals surface area contributed by atoms with Gasteiger partial charge in [-0.15, -0.1) is 0 Å². The Morgan fingerprint density at radius 2 is 1.63 bits per heavy atom. The van der Waals surface area contributed by atoms with Crippen molar-refractivity contribution in [1.82, 2.24) is 0 Å². The van der Waals surface area contributed by atoms with Gasteiger partial charge >= 0.3 is 0 Å². The van der Waals surface area contributed by atoms with Crippen molar-refractivity contribution in [2.24, 2.45) is 0 Å². The lowest BCUT2D eigenvalue weighted by Crippen LogP contribution is -1.87. The Kier molecular flexibility index (Phi) is 2.99. The molecule has 0 aliphatic heterocycles. The molecule has 3 rings (SSSR count). The van der Waals surface area contributed by atoms with Crippen LogP contribution in [-0.4, -0.2) is 6.29 Å². The third-order valence-corrected chi connectivity index (χ3v) is 2.97. The highest BCUT2D eigenvalue weighted by atomic mass is 16.5. The van der Waals surface area contributed by atoms with Crippen LogP contribution in [0.15, 0.2) is 66.7 Å². The zero-order valence-electron chi connectivity index (χ0n) is 10.2. The van der Waals surface area contributed by atoms with Crippen LogP contribution in [0, 0.1) is 0 Å². The molecule has 3 aromatic rings. The minimum absolute atomic E-state index is 0.609. The van der Waals surface area contributed by atoms with E-state index in [0.29, 0.717) is 11.3 Å². The molecule has 0 radical (unpaired) electrons. The van der Waals surface area contributed by atoms with E-state index in [1.165, 1.54) is 0 Å². The molecular weight excluding hydrogens is 236 g/mol. The SMILES string of the molecule is O=Cc1cccc(Oc2cccc3ccccc23)c1. The lowest BCUT2D eigenvalue weighted by molar-refractivity contribution is 0.112. The number of carbonyl (C=O) groups is 1. The first-order valence-electron chi connectivity index (χ1n) is 6.08. The van der Waals surface area contributed by atoms with E-state index >= 15 is 0 Å². The Hall–Kier alpha value is -2.61. The molecule has 2 nitrogen and oxygen atoms in total. The fraction of sp³-hybridized carbons (Fsp3) is 0. The van der Waals surface area contributed by atoms with Gasteiger partial charge in [-0.3, -0.25) is 4.79 Å². The maximum atomic E-state index is 10.8. The van der Waals surface area contributed by atoms with Gasteiger partial charge in [-0.1, -0.05) is 48.5 Å². The predicted octanol–water partition coefficient (Wildman–Crippen LogP) is 4.44. The molecule has 0 aromatic heterocycles. The van der Waals surface area contributed by atoms with E-state index < -0.39 is 0 Å². The van der Waals surface area contributed by atoms with Gasteiger partial charge in [0.15, 0.2) is 0 Å². The highest BCUT2D eigenvalue weighted by Gasteiger charge is 2.03. The summed E-state index contributed by atoms with van der Waals surface area (Å²) in [5.41, 5.74) is 0.609. The monoisotopic (exact) mass is 248 g/mol. The smallest absolute Gasteiger partial charge is 0.150 e. The maximum Gasteiger partial charge on any atom is 0.150 e. The highest BCUT2D eigenvalue weighted by molar-refractivity contribution is 5.88. The summed E-state index contributed by atoms with van der Waals surface area (Å²) in [5.74, 6) is 1.46. The van der Waals surface area contributed by atoms with Crippen molar-refractivity contribution in [3.05, 3.63) is 72.3 Å². The van der Waals surface area contributed by atoms with Crippen molar-refractivity contribution < 1.29 is 9.53 Å². The van der Waals surface area contributed by atoms with Gasteiger partial charge < -0.3 is 4.74 Å². The number of fused-ring (bicyclic) bond motifs is 1. The minimum Gasteiger partial charge on any atom is -0.457 e. The zero-order chi connectivity index (χ0) is 13.1. The van der Waals surface area contributed by atoms with E-state index in [1.807, 2.05) is 54.6 Å². The van der Waals surface area contributed by atoms with Crippen molar-refractivity contribution in [2.75, 3.05) is 0 Å². The molecule has 2 heteroatoms. The molecule has 0 aliphatic carbocycles. The standard InChI is InChI=1S/C17H12O2/c18-12-13-5-3-8-15(11-13)19-17-10-4-7-14-6-1-2-9-16(14)17/h1-12H. The Morgan fingerprint density at radius 1 is 0.842 bits per heavy atom. The maximum absolute atomic E-state index is 10.8. The quantitative estimate of drug-likeness (QED) is 0.640. The summed E-state index contributed by atoms with van der Waals surface area (Å²) in [4.78, 5) is 10.8. The fourth-order valence-electron chi connectivity index (χ4n) is 2.06. The van der Waals surface area contributed by atoms with Gasteiger partial charge in [-0.05, 0) is 23.6 Å². The summed E-state index contributed by atoms with van der Waals surface area (Å²) < 4.78 is 5.88. The van der Waals surface area contributed by atoms with Gasteiger partial charge in [-0.2, -0.15) is 0 Å². The molecule has 0 spiro atoms. The number of hydrogen-bond donors (Lipinski definition) is 0. The summed E-state index contributed by atoms with van der Waals surface area (Å²) in [6.45, 7) is 0. The lowest BCUT2D eigenvalue weighted by Gasteiger charge is -2.09. The van der Waals surface area contributed by atoms with Crippen LogP contribution in [0.1, 0.15) is 10.4 Å². The van der Waals surface area contributed by atoms with E-state index in [0.717, 1.165) is 22.8 Å². The second kappa shape index (κ2) is 4.94. The van der Waals surface area contributed by atoms with Crippen molar-refractivity contribution in [1.29, 1.82) is 0 Å². The fourth-order valence-corrected chi connectivity index (χ4v) is 2.06. The van der Waals surface area contributed by atoms with Crippen LogP contribution in [0.4, 0.5) is 0 Å². The second-order valence-electron chi connectivity index (χ2n) is 4.27. The third kappa shape index (κ3) is 2.33. The average molecular weight is 248 g/mol. The Labute approximate surface area is 111 Å². The molecule has 0 heterocycles. The van der Waals surface area contributed by atoms with Crippen LogP contribution in [-0.2, 0) is 0 Å². The molecule has 92 valence electrons. The summed E-state index contributed by atoms with van der Waals surface area (Å²) >= 11 is 0. The lowest BCUT2D eigenvalue weighted by atomic mass is 10.1. The molecule has 0 bridgehead atoms. The molecule has 0 aliphatic rings. The van der Waals surface area contributed by atoms with Gasteiger partial charge in [0.1, 0.15) is 17.8 Å². The molecule has 0 atom stereocenters. The first-order chi connectivity index (χ1) is 9.36. The van der Waals surface area contributed by atoms with Crippen LogP contribution in [0.25, 0.3) is 10.8 Å². The van der Waals surface area contributed by atoms with Crippen molar-refractivity contribution >= 4 is 17.1 Å². The van der Waals surface area contributed by atoms with Crippen LogP contribution < -0.4 is 4.74 Å². The average Bonchev–Trinajstić information content (AvgIpc) is 2.48. The predicted molar refractivity (Wildman–Crippen MR) is 75.9 cm³/mol. The number of aldehydes is 1. The van der Waals surface area contributed by atoms with Crippen molar-refractivity contribution in [3.8, 4) is 11.5 Å². The van der Waals surface area contributed by atoms with Gasteiger partial charge in [0.05, 0.1) is 0 Å². The number of carbonyl (C=O) groups excluding carboxylic acids is 1. The molecular formula is C17H12O2. The van der Waals surface area contributed by atoms with Crippen molar-refractivity contribution in [2.45, 2.75) is 0 Å². The van der Waals surface area contributed by atoms with Crippen molar-refractivity contribution in [3.63, 3.8) is 0 Å². The number of rotatable bonds is 3. The summed E-state index contributed by atoms with van der Waals surface area (Å²) in [7, 11) is 0.